The molecule has 0 unspecified atom stereocenters. The fourth-order valence-corrected chi connectivity index (χ4v) is 3.13. The number of aliphatic carboxylic acids is 1. The first-order valence-electron chi connectivity index (χ1n) is 6.79. The van der Waals surface area contributed by atoms with Gasteiger partial charge in [-0.15, -0.1) is 11.3 Å². The molecule has 0 aliphatic rings. The molecular weight excluding hydrogens is 284 g/mol. The third kappa shape index (κ3) is 2.56. The minimum atomic E-state index is -0.794. The first-order valence-corrected chi connectivity index (χ1v) is 7.67. The number of fused-ring (bicyclic) bond motifs is 1. The molecule has 3 aromatic rings. The molecule has 0 aliphatic heterocycles. The molecule has 3 rings (SSSR count). The first-order chi connectivity index (χ1) is 10.1. The zero-order chi connectivity index (χ0) is 15.0. The van der Waals surface area contributed by atoms with Crippen molar-refractivity contribution in [2.75, 3.05) is 0 Å². The fourth-order valence-electron chi connectivity index (χ4n) is 2.41. The van der Waals surface area contributed by atoms with E-state index in [4.69, 9.17) is 10.1 Å². The van der Waals surface area contributed by atoms with Gasteiger partial charge in [-0.05, 0) is 48.6 Å². The number of hydrogen-bond donors (Lipinski definition) is 1. The second-order valence-electron chi connectivity index (χ2n) is 5.13. The van der Waals surface area contributed by atoms with E-state index in [0.717, 1.165) is 21.7 Å². The maximum absolute atomic E-state index is 10.9. The second kappa shape index (κ2) is 5.33. The summed E-state index contributed by atoms with van der Waals surface area (Å²) in [4.78, 5) is 16.7. The molecule has 0 radical (unpaired) electrons. The second-order valence-corrected chi connectivity index (χ2v) is 6.08. The van der Waals surface area contributed by atoms with Crippen LogP contribution < -0.4 is 0 Å². The Kier molecular flexibility index (Phi) is 3.51. The van der Waals surface area contributed by atoms with E-state index in [1.807, 2.05) is 22.1 Å². The van der Waals surface area contributed by atoms with Gasteiger partial charge in [0.25, 0.3) is 0 Å². The topological polar surface area (TPSA) is 55.1 Å². The van der Waals surface area contributed by atoms with E-state index >= 15 is 0 Å². The number of hydrogen-bond acceptors (Lipinski definition) is 3. The van der Waals surface area contributed by atoms with Crippen molar-refractivity contribution in [2.45, 2.75) is 26.8 Å². The number of aromatic nitrogens is 2. The van der Waals surface area contributed by atoms with Crippen LogP contribution >= 0.6 is 11.3 Å². The Bertz CT molecular complexity index is 803. The Morgan fingerprint density at radius 2 is 2.10 bits per heavy atom. The summed E-state index contributed by atoms with van der Waals surface area (Å²) >= 11 is 1.62. The van der Waals surface area contributed by atoms with E-state index in [9.17, 15) is 4.79 Å². The molecule has 108 valence electrons. The Labute approximate surface area is 126 Å². The van der Waals surface area contributed by atoms with Crippen molar-refractivity contribution in [1.82, 2.24) is 9.55 Å². The lowest BCUT2D eigenvalue weighted by Gasteiger charge is -2.07. The Balaban J connectivity index is 2.20. The highest BCUT2D eigenvalue weighted by molar-refractivity contribution is 7.13. The highest BCUT2D eigenvalue weighted by Gasteiger charge is 2.15. The van der Waals surface area contributed by atoms with Gasteiger partial charge in [-0.2, -0.15) is 0 Å². The highest BCUT2D eigenvalue weighted by atomic mass is 32.1. The van der Waals surface area contributed by atoms with E-state index in [0.29, 0.717) is 6.54 Å². The Hall–Kier alpha value is -2.14. The van der Waals surface area contributed by atoms with Crippen molar-refractivity contribution in [2.24, 2.45) is 0 Å². The zero-order valence-corrected chi connectivity index (χ0v) is 12.8. The predicted octanol–water partition coefficient (Wildman–Crippen LogP) is 3.86. The van der Waals surface area contributed by atoms with Crippen LogP contribution in [-0.2, 0) is 11.3 Å². The molecule has 0 saturated heterocycles. The molecule has 0 spiro atoms. The van der Waals surface area contributed by atoms with Gasteiger partial charge in [-0.1, -0.05) is 6.07 Å². The highest BCUT2D eigenvalue weighted by Crippen LogP contribution is 2.29. The molecule has 0 atom stereocenters. The van der Waals surface area contributed by atoms with Gasteiger partial charge in [0.05, 0.1) is 22.3 Å². The number of carboxylic acid groups (broad SMARTS) is 1. The minimum Gasteiger partial charge on any atom is -0.481 e. The smallest absolute Gasteiger partial charge is 0.305 e. The van der Waals surface area contributed by atoms with Crippen molar-refractivity contribution in [3.8, 4) is 10.7 Å². The van der Waals surface area contributed by atoms with Gasteiger partial charge in [-0.25, -0.2) is 4.98 Å². The predicted molar refractivity (Wildman–Crippen MR) is 84.8 cm³/mol. The molecular formula is C16H16N2O2S. The zero-order valence-electron chi connectivity index (χ0n) is 12.0. The standard InChI is InChI=1S/C16H16N2O2S/c1-10-8-12-13(9-11(10)2)18(6-5-15(19)20)16(17-12)14-4-3-7-21-14/h3-4,7-9H,5-6H2,1-2H3,(H,19,20). The van der Waals surface area contributed by atoms with Gasteiger partial charge in [-0.3, -0.25) is 4.79 Å². The van der Waals surface area contributed by atoms with E-state index in [1.165, 1.54) is 11.1 Å². The van der Waals surface area contributed by atoms with Crippen molar-refractivity contribution in [3.05, 3.63) is 40.8 Å². The van der Waals surface area contributed by atoms with Gasteiger partial charge in [0.1, 0.15) is 0 Å². The van der Waals surface area contributed by atoms with Crippen LogP contribution in [0.2, 0.25) is 0 Å². The van der Waals surface area contributed by atoms with Crippen molar-refractivity contribution in [1.29, 1.82) is 0 Å². The lowest BCUT2D eigenvalue weighted by atomic mass is 10.1. The molecule has 0 aliphatic carbocycles. The molecule has 4 nitrogen and oxygen atoms in total. The number of aryl methyl sites for hydroxylation is 3. The maximum atomic E-state index is 10.9. The van der Waals surface area contributed by atoms with Crippen LogP contribution in [0.25, 0.3) is 21.7 Å². The van der Waals surface area contributed by atoms with Gasteiger partial charge in [0, 0.05) is 6.54 Å². The Morgan fingerprint density at radius 1 is 1.33 bits per heavy atom. The number of carboxylic acids is 1. The number of imidazole rings is 1. The molecule has 1 aromatic carbocycles. The van der Waals surface area contributed by atoms with Crippen molar-refractivity contribution >= 4 is 28.3 Å². The lowest BCUT2D eigenvalue weighted by molar-refractivity contribution is -0.137. The number of rotatable bonds is 4. The average Bonchev–Trinajstić information content (AvgIpc) is 3.04. The normalized spacial score (nSPS) is 11.1. The minimum absolute atomic E-state index is 0.0940. The van der Waals surface area contributed by atoms with Crippen LogP contribution in [0.5, 0.6) is 0 Å². The summed E-state index contributed by atoms with van der Waals surface area (Å²) in [5.74, 6) is 0.0593. The van der Waals surface area contributed by atoms with E-state index < -0.39 is 5.97 Å². The number of benzene rings is 1. The van der Waals surface area contributed by atoms with Crippen molar-refractivity contribution in [3.63, 3.8) is 0 Å². The third-order valence-electron chi connectivity index (χ3n) is 3.65. The fraction of sp³-hybridized carbons (Fsp3) is 0.250. The van der Waals surface area contributed by atoms with E-state index in [1.54, 1.807) is 11.3 Å². The summed E-state index contributed by atoms with van der Waals surface area (Å²) in [5, 5.41) is 11.0. The van der Waals surface area contributed by atoms with Crippen LogP contribution in [0.4, 0.5) is 0 Å². The van der Waals surface area contributed by atoms with Crippen LogP contribution in [-0.4, -0.2) is 20.6 Å². The summed E-state index contributed by atoms with van der Waals surface area (Å²) in [6.45, 7) is 4.56. The van der Waals surface area contributed by atoms with Crippen LogP contribution in [0, 0.1) is 13.8 Å². The molecule has 0 fully saturated rings. The molecule has 0 bridgehead atoms. The molecule has 21 heavy (non-hydrogen) atoms. The van der Waals surface area contributed by atoms with Gasteiger partial charge in [0.2, 0.25) is 0 Å². The third-order valence-corrected chi connectivity index (χ3v) is 4.52. The van der Waals surface area contributed by atoms with Gasteiger partial charge < -0.3 is 9.67 Å². The number of thiophene rings is 1. The summed E-state index contributed by atoms with van der Waals surface area (Å²) < 4.78 is 2.02. The van der Waals surface area contributed by atoms with E-state index in [2.05, 4.69) is 26.0 Å². The number of carbonyl (C=O) groups is 1. The van der Waals surface area contributed by atoms with Crippen LogP contribution in [0.1, 0.15) is 17.5 Å². The van der Waals surface area contributed by atoms with E-state index in [-0.39, 0.29) is 6.42 Å². The molecule has 1 N–H and O–H groups in total. The molecule has 0 saturated carbocycles. The lowest BCUT2D eigenvalue weighted by Crippen LogP contribution is -2.05. The Morgan fingerprint density at radius 3 is 2.76 bits per heavy atom. The van der Waals surface area contributed by atoms with Crippen molar-refractivity contribution < 1.29 is 9.90 Å². The average molecular weight is 300 g/mol. The summed E-state index contributed by atoms with van der Waals surface area (Å²) in [7, 11) is 0. The quantitative estimate of drug-likeness (QED) is 0.796. The van der Waals surface area contributed by atoms with Crippen LogP contribution in [0.3, 0.4) is 0 Å². The largest absolute Gasteiger partial charge is 0.481 e. The molecule has 2 aromatic heterocycles. The monoisotopic (exact) mass is 300 g/mol. The maximum Gasteiger partial charge on any atom is 0.305 e. The summed E-state index contributed by atoms with van der Waals surface area (Å²) in [6.07, 6.45) is 0.0940. The van der Waals surface area contributed by atoms with Gasteiger partial charge in [0.15, 0.2) is 5.82 Å². The molecule has 2 heterocycles. The molecule has 0 amide bonds. The van der Waals surface area contributed by atoms with Crippen LogP contribution in [0.15, 0.2) is 29.6 Å². The SMILES string of the molecule is Cc1cc2nc(-c3cccs3)n(CCC(=O)O)c2cc1C. The summed E-state index contributed by atoms with van der Waals surface area (Å²) in [5.41, 5.74) is 4.31. The van der Waals surface area contributed by atoms with Gasteiger partial charge >= 0.3 is 5.97 Å². The number of nitrogens with zero attached hydrogens (tertiary/aromatic N) is 2. The molecule has 5 heteroatoms. The first kappa shape index (κ1) is 13.8. The summed E-state index contributed by atoms with van der Waals surface area (Å²) in [6, 6.07) is 8.16.